The second-order valence-corrected chi connectivity index (χ2v) is 9.82. The fourth-order valence-corrected chi connectivity index (χ4v) is 4.80. The third-order valence-electron chi connectivity index (χ3n) is 7.02. The van der Waals surface area contributed by atoms with Crippen LogP contribution in [0.15, 0.2) is 36.7 Å². The molecule has 1 aliphatic rings. The van der Waals surface area contributed by atoms with E-state index < -0.39 is 30.6 Å². The number of halogens is 2. The number of hydrogen-bond acceptors (Lipinski definition) is 8. The van der Waals surface area contributed by atoms with Crippen LogP contribution in [-0.4, -0.2) is 83.0 Å². The van der Waals surface area contributed by atoms with Crippen LogP contribution in [0.1, 0.15) is 36.9 Å². The summed E-state index contributed by atoms with van der Waals surface area (Å²) in [7, 11) is 1.48. The number of nitrogens with one attached hydrogen (secondary N) is 2. The maximum atomic E-state index is 13.6. The molecule has 2 atom stereocenters. The summed E-state index contributed by atoms with van der Waals surface area (Å²) in [5.41, 5.74) is 2.69. The smallest absolute Gasteiger partial charge is 0.326 e. The number of ether oxygens (including phenoxy) is 1. The molecule has 2 aromatic heterocycles. The number of unbranched alkanes of at least 4 members (excludes halogenated alkanes) is 1. The third-order valence-corrected chi connectivity index (χ3v) is 7.02. The third kappa shape index (κ3) is 8.03. The molecule has 4 rings (SSSR count). The Balaban J connectivity index is 1.35. The number of pyridine rings is 1. The van der Waals surface area contributed by atoms with E-state index in [-0.39, 0.29) is 6.42 Å². The Kier molecular flexibility index (Phi) is 10.3. The van der Waals surface area contributed by atoms with Crippen molar-refractivity contribution in [3.05, 3.63) is 53.7 Å². The Hall–Kier alpha value is -3.44. The van der Waals surface area contributed by atoms with E-state index in [2.05, 4.69) is 32.7 Å². The van der Waals surface area contributed by atoms with Gasteiger partial charge in [-0.25, -0.2) is 28.5 Å². The van der Waals surface area contributed by atoms with E-state index in [9.17, 15) is 18.7 Å². The van der Waals surface area contributed by atoms with Gasteiger partial charge in [0, 0.05) is 43.9 Å². The van der Waals surface area contributed by atoms with Gasteiger partial charge in [-0.2, -0.15) is 0 Å². The van der Waals surface area contributed by atoms with Crippen LogP contribution in [0.2, 0.25) is 0 Å². The monoisotopic (exact) mass is 542 g/mol. The summed E-state index contributed by atoms with van der Waals surface area (Å²) in [6.45, 7) is 1.78. The van der Waals surface area contributed by atoms with Crippen LogP contribution < -0.4 is 10.6 Å². The number of fused-ring (bicyclic) bond motifs is 2. The first-order valence-corrected chi connectivity index (χ1v) is 13.4. The number of aryl methyl sites for hydroxylation is 2. The number of carbonyl (C=O) groups is 1. The molecule has 0 saturated carbocycles. The number of methoxy groups -OCH3 is 1. The number of rotatable bonds is 15. The molecule has 3 aromatic rings. The Bertz CT molecular complexity index is 1240. The highest BCUT2D eigenvalue weighted by molar-refractivity contribution is 5.90. The van der Waals surface area contributed by atoms with Gasteiger partial charge < -0.3 is 25.4 Å². The molecule has 3 N–H and O–H groups in total. The van der Waals surface area contributed by atoms with Gasteiger partial charge >= 0.3 is 5.97 Å². The first kappa shape index (κ1) is 28.6. The van der Waals surface area contributed by atoms with Gasteiger partial charge in [0.15, 0.2) is 0 Å². The predicted molar refractivity (Wildman–Crippen MR) is 146 cm³/mol. The Labute approximate surface area is 227 Å². The maximum absolute atomic E-state index is 13.6. The number of benzene rings is 1. The van der Waals surface area contributed by atoms with Gasteiger partial charge in [-0.15, -0.1) is 0 Å². The average molecular weight is 543 g/mol. The number of aromatic nitrogens is 3. The molecule has 3 heterocycles. The second kappa shape index (κ2) is 14.1. The second-order valence-electron chi connectivity index (χ2n) is 9.82. The molecule has 2 unspecified atom stereocenters. The van der Waals surface area contributed by atoms with Crippen molar-refractivity contribution in [2.45, 2.75) is 50.7 Å². The highest BCUT2D eigenvalue weighted by Crippen LogP contribution is 2.22. The minimum Gasteiger partial charge on any atom is -0.480 e. The molecule has 0 radical (unpaired) electrons. The van der Waals surface area contributed by atoms with Crippen LogP contribution in [0.25, 0.3) is 10.9 Å². The average Bonchev–Trinajstić information content (AvgIpc) is 2.95. The summed E-state index contributed by atoms with van der Waals surface area (Å²) in [5.74, 6) is -0.161. The fraction of sp³-hybridized carbons (Fsp3) is 0.500. The molecule has 0 spiro atoms. The molecule has 39 heavy (non-hydrogen) atoms. The topological polar surface area (TPSA) is 113 Å². The lowest BCUT2D eigenvalue weighted by Gasteiger charge is -2.27. The largest absolute Gasteiger partial charge is 0.480 e. The molecule has 210 valence electrons. The van der Waals surface area contributed by atoms with Gasteiger partial charge in [0.25, 0.3) is 0 Å². The minimum absolute atomic E-state index is 0.253. The van der Waals surface area contributed by atoms with Crippen LogP contribution >= 0.6 is 0 Å². The molecule has 0 saturated heterocycles. The Morgan fingerprint density at radius 2 is 2.10 bits per heavy atom. The van der Waals surface area contributed by atoms with Gasteiger partial charge in [0.05, 0.1) is 11.6 Å². The van der Waals surface area contributed by atoms with Crippen molar-refractivity contribution >= 4 is 28.5 Å². The highest BCUT2D eigenvalue weighted by atomic mass is 19.1. The standard InChI is InChI=1S/C28H36F2N6O3/c1-39-22(16-29)17-36(13-3-2-6-21-9-7-19-5-4-12-31-26(19)34-21)14-11-24(28(37)38)35-27-23-10-8-20(30)15-25(23)32-18-33-27/h7-10,15,18,22,24H,2-6,11-14,16-17H2,1H3,(H,31,34)(H,37,38)(H,32,33,35). The van der Waals surface area contributed by atoms with Crippen molar-refractivity contribution in [3.8, 4) is 0 Å². The zero-order chi connectivity index (χ0) is 27.6. The molecular formula is C28H36F2N6O3. The molecule has 1 aromatic carbocycles. The summed E-state index contributed by atoms with van der Waals surface area (Å²) in [4.78, 5) is 27.1. The molecule has 0 aliphatic carbocycles. The number of alkyl halides is 1. The molecule has 11 heteroatoms. The summed E-state index contributed by atoms with van der Waals surface area (Å²) < 4.78 is 32.3. The van der Waals surface area contributed by atoms with E-state index in [0.29, 0.717) is 36.4 Å². The van der Waals surface area contributed by atoms with Crippen molar-refractivity contribution in [1.29, 1.82) is 0 Å². The number of carboxylic acid groups (broad SMARTS) is 1. The lowest BCUT2D eigenvalue weighted by atomic mass is 10.1. The van der Waals surface area contributed by atoms with Crippen molar-refractivity contribution < 1.29 is 23.4 Å². The molecule has 1 aliphatic heterocycles. The van der Waals surface area contributed by atoms with Gasteiger partial charge in [-0.3, -0.25) is 0 Å². The number of aliphatic carboxylic acids is 1. The number of anilines is 2. The van der Waals surface area contributed by atoms with E-state index in [1.807, 2.05) is 4.90 Å². The number of hydrogen-bond donors (Lipinski definition) is 3. The van der Waals surface area contributed by atoms with E-state index in [0.717, 1.165) is 50.2 Å². The zero-order valence-corrected chi connectivity index (χ0v) is 22.2. The summed E-state index contributed by atoms with van der Waals surface area (Å²) in [6.07, 6.45) is 5.70. The quantitative estimate of drug-likeness (QED) is 0.245. The molecule has 0 bridgehead atoms. The van der Waals surface area contributed by atoms with Gasteiger partial charge in [0.2, 0.25) is 0 Å². The number of carboxylic acids is 1. The zero-order valence-electron chi connectivity index (χ0n) is 22.2. The fourth-order valence-electron chi connectivity index (χ4n) is 4.80. The van der Waals surface area contributed by atoms with E-state index in [1.54, 1.807) is 0 Å². The van der Waals surface area contributed by atoms with Crippen LogP contribution in [0.3, 0.4) is 0 Å². The van der Waals surface area contributed by atoms with Crippen molar-refractivity contribution in [2.24, 2.45) is 0 Å². The minimum atomic E-state index is -1.04. The molecule has 0 amide bonds. The van der Waals surface area contributed by atoms with E-state index >= 15 is 0 Å². The van der Waals surface area contributed by atoms with Crippen LogP contribution in [0.4, 0.5) is 20.4 Å². The molecule has 0 fully saturated rings. The van der Waals surface area contributed by atoms with E-state index in [1.165, 1.54) is 37.2 Å². The summed E-state index contributed by atoms with van der Waals surface area (Å²) >= 11 is 0. The van der Waals surface area contributed by atoms with Crippen LogP contribution in [-0.2, 0) is 22.4 Å². The Morgan fingerprint density at radius 1 is 1.23 bits per heavy atom. The van der Waals surface area contributed by atoms with Crippen molar-refractivity contribution in [1.82, 2.24) is 19.9 Å². The van der Waals surface area contributed by atoms with Crippen molar-refractivity contribution in [2.75, 3.05) is 50.6 Å². The molecular weight excluding hydrogens is 506 g/mol. The SMILES string of the molecule is COC(CF)CN(CCCCc1ccc2c(n1)NCCC2)CCC(Nc1ncnc2cc(F)ccc12)C(=O)O. The molecule has 9 nitrogen and oxygen atoms in total. The van der Waals surface area contributed by atoms with E-state index in [4.69, 9.17) is 9.72 Å². The normalized spacial score (nSPS) is 14.6. The lowest BCUT2D eigenvalue weighted by molar-refractivity contribution is -0.138. The first-order chi connectivity index (χ1) is 19.0. The summed E-state index contributed by atoms with van der Waals surface area (Å²) in [6, 6.07) is 7.37. The van der Waals surface area contributed by atoms with Gasteiger partial charge in [0.1, 0.15) is 36.5 Å². The summed E-state index contributed by atoms with van der Waals surface area (Å²) in [5, 5.41) is 16.8. The van der Waals surface area contributed by atoms with Gasteiger partial charge in [-0.05, 0) is 68.8 Å². The maximum Gasteiger partial charge on any atom is 0.326 e. The van der Waals surface area contributed by atoms with Crippen LogP contribution in [0, 0.1) is 5.82 Å². The van der Waals surface area contributed by atoms with Crippen LogP contribution in [0.5, 0.6) is 0 Å². The lowest BCUT2D eigenvalue weighted by Crippen LogP contribution is -2.39. The van der Waals surface area contributed by atoms with Crippen molar-refractivity contribution in [3.63, 3.8) is 0 Å². The first-order valence-electron chi connectivity index (χ1n) is 13.4. The highest BCUT2D eigenvalue weighted by Gasteiger charge is 2.22. The Morgan fingerprint density at radius 3 is 2.90 bits per heavy atom. The predicted octanol–water partition coefficient (Wildman–Crippen LogP) is 4.09. The van der Waals surface area contributed by atoms with Gasteiger partial charge in [-0.1, -0.05) is 6.07 Å². The number of nitrogens with zero attached hydrogens (tertiary/aromatic N) is 4.